The second-order valence-electron chi connectivity index (χ2n) is 4.82. The van der Waals surface area contributed by atoms with E-state index in [9.17, 15) is 4.79 Å². The third kappa shape index (κ3) is 2.98. The molecular formula is C17H16N4O. The smallest absolute Gasteiger partial charge is 0.288 e. The molecule has 3 aromatic rings. The topological polar surface area (TPSA) is 50.2 Å². The van der Waals surface area contributed by atoms with E-state index < -0.39 is 0 Å². The summed E-state index contributed by atoms with van der Waals surface area (Å²) < 4.78 is 1.68. The Balaban J connectivity index is 1.72. The summed E-state index contributed by atoms with van der Waals surface area (Å²) in [7, 11) is 1.79. The number of aromatic nitrogens is 2. The van der Waals surface area contributed by atoms with Gasteiger partial charge in [0.05, 0.1) is 11.4 Å². The van der Waals surface area contributed by atoms with E-state index in [2.05, 4.69) is 10.5 Å². The van der Waals surface area contributed by atoms with Crippen LogP contribution in [0.25, 0.3) is 5.69 Å². The van der Waals surface area contributed by atoms with Gasteiger partial charge in [-0.1, -0.05) is 36.4 Å². The van der Waals surface area contributed by atoms with Crippen LogP contribution in [-0.4, -0.2) is 22.7 Å². The van der Waals surface area contributed by atoms with Crippen molar-refractivity contribution < 1.29 is 4.79 Å². The van der Waals surface area contributed by atoms with Crippen LogP contribution in [0.5, 0.6) is 0 Å². The maximum Gasteiger partial charge on any atom is 0.290 e. The van der Waals surface area contributed by atoms with Crippen LogP contribution in [0.15, 0.2) is 72.9 Å². The van der Waals surface area contributed by atoms with Crippen molar-refractivity contribution in [2.45, 2.75) is 0 Å². The van der Waals surface area contributed by atoms with E-state index >= 15 is 0 Å². The predicted octanol–water partition coefficient (Wildman–Crippen LogP) is 2.65. The maximum absolute atomic E-state index is 12.2. The molecule has 110 valence electrons. The van der Waals surface area contributed by atoms with Crippen molar-refractivity contribution in [1.82, 2.24) is 15.2 Å². The van der Waals surface area contributed by atoms with Crippen molar-refractivity contribution in [2.24, 2.45) is 0 Å². The number of carbonyl (C=O) groups is 1. The van der Waals surface area contributed by atoms with Gasteiger partial charge in [-0.2, -0.15) is 5.10 Å². The zero-order chi connectivity index (χ0) is 15.4. The second-order valence-corrected chi connectivity index (χ2v) is 4.82. The highest BCUT2D eigenvalue weighted by molar-refractivity contribution is 5.93. The first-order valence-electron chi connectivity index (χ1n) is 6.95. The van der Waals surface area contributed by atoms with Gasteiger partial charge in [-0.3, -0.25) is 15.2 Å². The molecule has 3 rings (SSSR count). The van der Waals surface area contributed by atoms with Crippen LogP contribution >= 0.6 is 0 Å². The monoisotopic (exact) mass is 292 g/mol. The number of nitrogens with zero attached hydrogens (tertiary/aromatic N) is 3. The fraction of sp³-hybridized carbons (Fsp3) is 0.0588. The van der Waals surface area contributed by atoms with Crippen LogP contribution in [0.2, 0.25) is 0 Å². The predicted molar refractivity (Wildman–Crippen MR) is 85.9 cm³/mol. The minimum Gasteiger partial charge on any atom is -0.288 e. The van der Waals surface area contributed by atoms with Gasteiger partial charge in [0.1, 0.15) is 0 Å². The number of hydrogen-bond acceptors (Lipinski definition) is 3. The number of anilines is 1. The Morgan fingerprint density at radius 3 is 2.32 bits per heavy atom. The van der Waals surface area contributed by atoms with Crippen molar-refractivity contribution in [3.05, 3.63) is 78.6 Å². The van der Waals surface area contributed by atoms with E-state index in [1.807, 2.05) is 60.7 Å². The van der Waals surface area contributed by atoms with Crippen LogP contribution < -0.4 is 10.4 Å². The molecule has 0 unspecified atom stereocenters. The van der Waals surface area contributed by atoms with Gasteiger partial charge >= 0.3 is 0 Å². The van der Waals surface area contributed by atoms with Crippen LogP contribution in [0, 0.1) is 0 Å². The summed E-state index contributed by atoms with van der Waals surface area (Å²) in [5, 5.41) is 5.98. The SMILES string of the molecule is CN(NC(=O)c1ccn(-c2ccccc2)n1)c1ccccc1. The summed E-state index contributed by atoms with van der Waals surface area (Å²) in [6.45, 7) is 0. The van der Waals surface area contributed by atoms with Gasteiger partial charge in [0, 0.05) is 13.2 Å². The van der Waals surface area contributed by atoms with Crippen molar-refractivity contribution >= 4 is 11.6 Å². The average Bonchev–Trinajstić information content (AvgIpc) is 3.06. The number of hydrazine groups is 1. The summed E-state index contributed by atoms with van der Waals surface area (Å²) in [5.74, 6) is -0.249. The van der Waals surface area contributed by atoms with Gasteiger partial charge in [-0.15, -0.1) is 0 Å². The highest BCUT2D eigenvalue weighted by Gasteiger charge is 2.12. The Bertz CT molecular complexity index is 753. The molecule has 0 saturated heterocycles. The van der Waals surface area contributed by atoms with E-state index in [1.54, 1.807) is 29.0 Å². The molecule has 5 nitrogen and oxygen atoms in total. The van der Waals surface area contributed by atoms with Crippen LogP contribution in [0.4, 0.5) is 5.69 Å². The quantitative estimate of drug-likeness (QED) is 0.752. The molecule has 0 aliphatic carbocycles. The molecule has 1 heterocycles. The first-order valence-corrected chi connectivity index (χ1v) is 6.95. The van der Waals surface area contributed by atoms with Crippen molar-refractivity contribution in [1.29, 1.82) is 0 Å². The molecule has 1 aromatic heterocycles. The number of carbonyl (C=O) groups excluding carboxylic acids is 1. The lowest BCUT2D eigenvalue weighted by molar-refractivity contribution is 0.0946. The lowest BCUT2D eigenvalue weighted by Crippen LogP contribution is -2.39. The van der Waals surface area contributed by atoms with Gasteiger partial charge in [-0.25, -0.2) is 4.68 Å². The van der Waals surface area contributed by atoms with Crippen molar-refractivity contribution in [2.75, 3.05) is 12.1 Å². The number of benzene rings is 2. The van der Waals surface area contributed by atoms with Gasteiger partial charge < -0.3 is 0 Å². The largest absolute Gasteiger partial charge is 0.290 e. The lowest BCUT2D eigenvalue weighted by Gasteiger charge is -2.19. The summed E-state index contributed by atoms with van der Waals surface area (Å²) in [5.41, 5.74) is 4.98. The summed E-state index contributed by atoms with van der Waals surface area (Å²) >= 11 is 0. The van der Waals surface area contributed by atoms with Crippen LogP contribution in [0.1, 0.15) is 10.5 Å². The van der Waals surface area contributed by atoms with E-state index in [0.717, 1.165) is 11.4 Å². The molecule has 5 heteroatoms. The van der Waals surface area contributed by atoms with E-state index in [1.165, 1.54) is 0 Å². The average molecular weight is 292 g/mol. The molecule has 0 bridgehead atoms. The molecule has 0 saturated carbocycles. The lowest BCUT2D eigenvalue weighted by atomic mass is 10.3. The minimum atomic E-state index is -0.249. The zero-order valence-corrected chi connectivity index (χ0v) is 12.2. The normalized spacial score (nSPS) is 10.2. The zero-order valence-electron chi connectivity index (χ0n) is 12.2. The van der Waals surface area contributed by atoms with Gasteiger partial charge in [0.15, 0.2) is 5.69 Å². The van der Waals surface area contributed by atoms with E-state index in [4.69, 9.17) is 0 Å². The molecule has 0 spiro atoms. The first-order chi connectivity index (χ1) is 10.7. The molecule has 22 heavy (non-hydrogen) atoms. The number of amides is 1. The number of rotatable bonds is 4. The Morgan fingerprint density at radius 1 is 1.00 bits per heavy atom. The highest BCUT2D eigenvalue weighted by atomic mass is 16.2. The summed E-state index contributed by atoms with van der Waals surface area (Å²) in [6, 6.07) is 21.0. The Hall–Kier alpha value is -3.08. The standard InChI is InChI=1S/C17H16N4O/c1-20(14-8-4-2-5-9-14)19-17(22)16-12-13-21(18-16)15-10-6-3-7-11-15/h2-13H,1H3,(H,19,22). The third-order valence-corrected chi connectivity index (χ3v) is 3.26. The Morgan fingerprint density at radius 2 is 1.64 bits per heavy atom. The first kappa shape index (κ1) is 13.9. The van der Waals surface area contributed by atoms with Gasteiger partial charge in [-0.05, 0) is 30.3 Å². The Kier molecular flexibility index (Phi) is 3.87. The highest BCUT2D eigenvalue weighted by Crippen LogP contribution is 2.10. The van der Waals surface area contributed by atoms with Crippen LogP contribution in [-0.2, 0) is 0 Å². The fourth-order valence-corrected chi connectivity index (χ4v) is 2.10. The molecule has 0 aliphatic rings. The van der Waals surface area contributed by atoms with Gasteiger partial charge in [0.25, 0.3) is 5.91 Å². The van der Waals surface area contributed by atoms with Crippen molar-refractivity contribution in [3.8, 4) is 5.69 Å². The third-order valence-electron chi connectivity index (χ3n) is 3.26. The molecule has 0 fully saturated rings. The molecule has 1 N–H and O–H groups in total. The van der Waals surface area contributed by atoms with E-state index in [0.29, 0.717) is 5.69 Å². The number of para-hydroxylation sites is 2. The maximum atomic E-state index is 12.2. The van der Waals surface area contributed by atoms with E-state index in [-0.39, 0.29) is 5.91 Å². The fourth-order valence-electron chi connectivity index (χ4n) is 2.10. The Labute approximate surface area is 128 Å². The minimum absolute atomic E-state index is 0.249. The number of hydrogen-bond donors (Lipinski definition) is 1. The summed E-state index contributed by atoms with van der Waals surface area (Å²) in [4.78, 5) is 12.2. The number of nitrogens with one attached hydrogen (secondary N) is 1. The molecule has 2 aromatic carbocycles. The summed E-state index contributed by atoms with van der Waals surface area (Å²) in [6.07, 6.45) is 1.77. The molecule has 1 amide bonds. The van der Waals surface area contributed by atoms with Gasteiger partial charge in [0.2, 0.25) is 0 Å². The molecule has 0 atom stereocenters. The molecule has 0 radical (unpaired) electrons. The van der Waals surface area contributed by atoms with Crippen LogP contribution in [0.3, 0.4) is 0 Å². The molecule has 0 aliphatic heterocycles. The van der Waals surface area contributed by atoms with Crippen molar-refractivity contribution in [3.63, 3.8) is 0 Å². The molecular weight excluding hydrogens is 276 g/mol. The second kappa shape index (κ2) is 6.13.